The first-order valence-corrected chi connectivity index (χ1v) is 11.8. The zero-order valence-electron chi connectivity index (χ0n) is 17.9. The summed E-state index contributed by atoms with van der Waals surface area (Å²) in [5, 5.41) is 11.5. The molecule has 1 N–H and O–H groups in total. The maximum absolute atomic E-state index is 12.8. The highest BCUT2D eigenvalue weighted by molar-refractivity contribution is 7.86. The number of nitriles is 1. The summed E-state index contributed by atoms with van der Waals surface area (Å²) in [4.78, 5) is 12.0. The van der Waals surface area contributed by atoms with E-state index in [2.05, 4.69) is 25.6 Å². The highest BCUT2D eigenvalue weighted by atomic mass is 32.2. The number of H-pyrrole nitrogens is 1. The monoisotopic (exact) mass is 449 g/mol. The van der Waals surface area contributed by atoms with E-state index >= 15 is 0 Å². The summed E-state index contributed by atoms with van der Waals surface area (Å²) in [6.07, 6.45) is 5.57. The molecule has 4 aromatic rings. The number of fused-ring (bicyclic) bond motifs is 2. The van der Waals surface area contributed by atoms with Crippen LogP contribution in [0.5, 0.6) is 0 Å². The van der Waals surface area contributed by atoms with Gasteiger partial charge < -0.3 is 9.55 Å². The van der Waals surface area contributed by atoms with Crippen molar-refractivity contribution in [2.75, 3.05) is 26.7 Å². The Balaban J connectivity index is 1.65. The number of benzene rings is 1. The standard InChI is InChI=1S/C22H23N7O2S/c1-3-27(2)32(30,31)28-13-22(14-28,9-10-23)29-12-18(16-6-4-5-7-19(16)29)20-17-8-11-24-21(17)26-15-25-20/h4-8,11-12,15H,3,9,13-14H2,1-2H3,(H,24,25,26). The topological polar surface area (TPSA) is 111 Å². The fraction of sp³-hybridized carbons (Fsp3) is 0.318. The van der Waals surface area contributed by atoms with E-state index in [0.29, 0.717) is 6.54 Å². The normalized spacial score (nSPS) is 16.4. The highest BCUT2D eigenvalue weighted by Gasteiger charge is 2.51. The number of nitrogens with one attached hydrogen (secondary N) is 1. The van der Waals surface area contributed by atoms with Gasteiger partial charge in [-0.05, 0) is 12.1 Å². The number of rotatable bonds is 6. The van der Waals surface area contributed by atoms with Gasteiger partial charge in [0.15, 0.2) is 0 Å². The molecule has 1 aliphatic heterocycles. The lowest BCUT2D eigenvalue weighted by Gasteiger charge is -2.50. The molecule has 0 atom stereocenters. The summed E-state index contributed by atoms with van der Waals surface area (Å²) in [5.74, 6) is 0. The van der Waals surface area contributed by atoms with Gasteiger partial charge in [-0.1, -0.05) is 25.1 Å². The van der Waals surface area contributed by atoms with Crippen LogP contribution in [0.2, 0.25) is 0 Å². The summed E-state index contributed by atoms with van der Waals surface area (Å²) in [7, 11) is -1.98. The second-order valence-electron chi connectivity index (χ2n) is 8.14. The third-order valence-corrected chi connectivity index (χ3v) is 8.30. The number of nitrogens with zero attached hydrogens (tertiary/aromatic N) is 6. The Hall–Kier alpha value is -3.26. The van der Waals surface area contributed by atoms with Crippen LogP contribution in [0, 0.1) is 11.3 Å². The molecular weight excluding hydrogens is 426 g/mol. The minimum Gasteiger partial charge on any atom is -0.346 e. The molecule has 3 aromatic heterocycles. The summed E-state index contributed by atoms with van der Waals surface area (Å²) >= 11 is 0. The van der Waals surface area contributed by atoms with E-state index in [1.165, 1.54) is 14.9 Å². The van der Waals surface area contributed by atoms with Gasteiger partial charge in [-0.25, -0.2) is 9.97 Å². The van der Waals surface area contributed by atoms with Gasteiger partial charge in [0, 0.05) is 60.9 Å². The molecule has 0 spiro atoms. The molecular formula is C22H23N7O2S. The van der Waals surface area contributed by atoms with Crippen LogP contribution < -0.4 is 0 Å². The van der Waals surface area contributed by atoms with Gasteiger partial charge in [-0.2, -0.15) is 22.3 Å². The highest BCUT2D eigenvalue weighted by Crippen LogP contribution is 2.41. The van der Waals surface area contributed by atoms with E-state index in [-0.39, 0.29) is 19.5 Å². The molecule has 0 bridgehead atoms. The minimum atomic E-state index is -3.55. The Morgan fingerprint density at radius 3 is 2.75 bits per heavy atom. The lowest BCUT2D eigenvalue weighted by Crippen LogP contribution is -2.65. The zero-order chi connectivity index (χ0) is 22.5. The van der Waals surface area contributed by atoms with Crippen LogP contribution in [0.4, 0.5) is 0 Å². The van der Waals surface area contributed by atoms with Gasteiger partial charge in [0.05, 0.1) is 23.7 Å². The molecule has 4 heterocycles. The predicted octanol–water partition coefficient (Wildman–Crippen LogP) is 2.70. The molecule has 9 nitrogen and oxygen atoms in total. The van der Waals surface area contributed by atoms with E-state index in [4.69, 9.17) is 0 Å². The Kier molecular flexibility index (Phi) is 4.78. The average molecular weight is 450 g/mol. The fourth-order valence-electron chi connectivity index (χ4n) is 4.48. The van der Waals surface area contributed by atoms with Gasteiger partial charge in [0.25, 0.3) is 10.2 Å². The average Bonchev–Trinajstić information content (AvgIpc) is 3.40. The van der Waals surface area contributed by atoms with E-state index in [1.54, 1.807) is 14.0 Å². The molecule has 164 valence electrons. The number of aromatic amines is 1. The zero-order valence-corrected chi connectivity index (χ0v) is 18.7. The number of hydrogen-bond donors (Lipinski definition) is 1. The van der Waals surface area contributed by atoms with Crippen LogP contribution in [0.3, 0.4) is 0 Å². The van der Waals surface area contributed by atoms with Crippen LogP contribution in [0.15, 0.2) is 49.1 Å². The van der Waals surface area contributed by atoms with Gasteiger partial charge >= 0.3 is 0 Å². The van der Waals surface area contributed by atoms with Crippen molar-refractivity contribution in [3.05, 3.63) is 49.1 Å². The first-order valence-electron chi connectivity index (χ1n) is 10.4. The summed E-state index contributed by atoms with van der Waals surface area (Å²) in [5.41, 5.74) is 2.78. The molecule has 0 amide bonds. The van der Waals surface area contributed by atoms with Crippen LogP contribution in [-0.4, -0.2) is 63.2 Å². The van der Waals surface area contributed by atoms with Crippen LogP contribution in [0.1, 0.15) is 13.3 Å². The number of para-hydroxylation sites is 1. The first-order chi connectivity index (χ1) is 15.4. The molecule has 1 aromatic carbocycles. The van der Waals surface area contributed by atoms with Crippen LogP contribution >= 0.6 is 0 Å². The smallest absolute Gasteiger partial charge is 0.281 e. The molecule has 1 fully saturated rings. The van der Waals surface area contributed by atoms with Crippen molar-refractivity contribution >= 4 is 32.1 Å². The number of aromatic nitrogens is 4. The minimum absolute atomic E-state index is 0.205. The molecule has 0 radical (unpaired) electrons. The van der Waals surface area contributed by atoms with Crippen LogP contribution in [0.25, 0.3) is 33.2 Å². The second kappa shape index (κ2) is 7.41. The predicted molar refractivity (Wildman–Crippen MR) is 122 cm³/mol. The summed E-state index contributed by atoms with van der Waals surface area (Å²) < 4.78 is 30.5. The van der Waals surface area contributed by atoms with E-state index in [9.17, 15) is 13.7 Å². The summed E-state index contributed by atoms with van der Waals surface area (Å²) in [6, 6.07) is 12.2. The molecule has 1 aliphatic rings. The number of hydrogen-bond acceptors (Lipinski definition) is 5. The van der Waals surface area contributed by atoms with Crippen LogP contribution in [-0.2, 0) is 15.7 Å². The maximum Gasteiger partial charge on any atom is 0.281 e. The second-order valence-corrected chi connectivity index (χ2v) is 10.2. The lowest BCUT2D eigenvalue weighted by molar-refractivity contribution is 0.0836. The SMILES string of the molecule is CCN(C)S(=O)(=O)N1CC(CC#N)(n2cc(-c3ncnc4[nH]ccc34)c3ccccc32)C1. The van der Waals surface area contributed by atoms with Gasteiger partial charge in [-0.3, -0.25) is 0 Å². The molecule has 0 saturated carbocycles. The largest absolute Gasteiger partial charge is 0.346 e. The van der Waals surface area contributed by atoms with Crippen molar-refractivity contribution in [3.63, 3.8) is 0 Å². The van der Waals surface area contributed by atoms with E-state index in [1.807, 2.05) is 42.7 Å². The molecule has 0 unspecified atom stereocenters. The summed E-state index contributed by atoms with van der Waals surface area (Å²) in [6.45, 7) is 2.68. The van der Waals surface area contributed by atoms with Gasteiger partial charge in [-0.15, -0.1) is 0 Å². The van der Waals surface area contributed by atoms with Crippen molar-refractivity contribution < 1.29 is 8.42 Å². The quantitative estimate of drug-likeness (QED) is 0.487. The Labute approximate surface area is 186 Å². The van der Waals surface area contributed by atoms with Gasteiger partial charge in [0.1, 0.15) is 12.0 Å². The lowest BCUT2D eigenvalue weighted by atomic mass is 9.88. The maximum atomic E-state index is 12.8. The molecule has 10 heteroatoms. The third kappa shape index (κ3) is 2.93. The fourth-order valence-corrected chi connectivity index (χ4v) is 6.01. The molecule has 32 heavy (non-hydrogen) atoms. The Morgan fingerprint density at radius 1 is 1.22 bits per heavy atom. The molecule has 0 aliphatic carbocycles. The van der Waals surface area contributed by atoms with Crippen molar-refractivity contribution in [1.29, 1.82) is 5.26 Å². The van der Waals surface area contributed by atoms with Crippen molar-refractivity contribution in [2.24, 2.45) is 0 Å². The molecule has 1 saturated heterocycles. The Bertz CT molecular complexity index is 1460. The van der Waals surface area contributed by atoms with Crippen molar-refractivity contribution in [3.8, 4) is 17.3 Å². The first kappa shape index (κ1) is 20.6. The van der Waals surface area contributed by atoms with E-state index < -0.39 is 15.7 Å². The Morgan fingerprint density at radius 2 is 2.00 bits per heavy atom. The molecule has 5 rings (SSSR count). The van der Waals surface area contributed by atoms with Crippen molar-refractivity contribution in [2.45, 2.75) is 18.9 Å². The van der Waals surface area contributed by atoms with Crippen molar-refractivity contribution in [1.82, 2.24) is 28.1 Å². The van der Waals surface area contributed by atoms with Gasteiger partial charge in [0.2, 0.25) is 0 Å². The van der Waals surface area contributed by atoms with E-state index in [0.717, 1.165) is 33.2 Å². The third-order valence-electron chi connectivity index (χ3n) is 6.35.